The van der Waals surface area contributed by atoms with E-state index >= 15 is 0 Å². The molecule has 0 spiro atoms. The molecule has 5 rings (SSSR count). The van der Waals surface area contributed by atoms with Gasteiger partial charge in [-0.1, -0.05) is 18.5 Å². The topological polar surface area (TPSA) is 120 Å². The van der Waals surface area contributed by atoms with Crippen molar-refractivity contribution in [1.82, 2.24) is 19.5 Å². The van der Waals surface area contributed by atoms with Crippen LogP contribution in [0.15, 0.2) is 18.3 Å². The number of benzene rings is 1. The second kappa shape index (κ2) is 10.1. The van der Waals surface area contributed by atoms with Crippen LogP contribution in [0.25, 0.3) is 11.2 Å². The number of imidazole rings is 1. The summed E-state index contributed by atoms with van der Waals surface area (Å²) < 4.78 is 36.6. The number of anilines is 3. The van der Waals surface area contributed by atoms with Gasteiger partial charge in [0.15, 0.2) is 17.3 Å². The number of primary amides is 1. The molecule has 3 aromatic rings. The van der Waals surface area contributed by atoms with Crippen LogP contribution in [0, 0.1) is 23.5 Å². The number of nitrogens with zero attached hydrogens (tertiary/aromatic N) is 4. The molecule has 1 aliphatic heterocycles. The number of aromatic nitrogens is 4. The molecular weight excluding hydrogens is 492 g/mol. The minimum absolute atomic E-state index is 0.0437. The summed E-state index contributed by atoms with van der Waals surface area (Å²) in [7, 11) is 0. The molecule has 2 aromatic heterocycles. The lowest BCUT2D eigenvalue weighted by atomic mass is 9.85. The molecule has 192 valence electrons. The lowest BCUT2D eigenvalue weighted by Crippen LogP contribution is -2.36. The summed E-state index contributed by atoms with van der Waals surface area (Å²) in [6.45, 7) is 3.43. The zero-order valence-corrected chi connectivity index (χ0v) is 20.6. The minimum atomic E-state index is -0.835. The van der Waals surface area contributed by atoms with Crippen LogP contribution in [0.1, 0.15) is 45.1 Å². The van der Waals surface area contributed by atoms with Gasteiger partial charge in [-0.2, -0.15) is 4.98 Å². The lowest BCUT2D eigenvalue weighted by molar-refractivity contribution is -0.122. The summed E-state index contributed by atoms with van der Waals surface area (Å²) in [6, 6.07) is 2.13. The third-order valence-corrected chi connectivity index (χ3v) is 7.31. The minimum Gasteiger partial charge on any atom is -0.381 e. The average molecular weight is 520 g/mol. The van der Waals surface area contributed by atoms with Gasteiger partial charge in [0.2, 0.25) is 17.8 Å². The first-order valence-electron chi connectivity index (χ1n) is 12.1. The molecule has 1 amide bonds. The largest absolute Gasteiger partial charge is 0.381 e. The molecule has 12 heteroatoms. The van der Waals surface area contributed by atoms with E-state index in [4.69, 9.17) is 27.1 Å². The van der Waals surface area contributed by atoms with E-state index in [1.54, 1.807) is 6.20 Å². The number of carbonyl (C=O) groups is 1. The maximum Gasteiger partial charge on any atom is 0.224 e. The zero-order valence-electron chi connectivity index (χ0n) is 19.8. The number of ether oxygens (including phenoxy) is 1. The Morgan fingerprint density at radius 1 is 1.17 bits per heavy atom. The first-order valence-corrected chi connectivity index (χ1v) is 12.5. The van der Waals surface area contributed by atoms with Crippen LogP contribution >= 0.6 is 11.6 Å². The van der Waals surface area contributed by atoms with E-state index in [2.05, 4.69) is 27.5 Å². The maximum atomic E-state index is 14.6. The summed E-state index contributed by atoms with van der Waals surface area (Å²) >= 11 is 5.79. The van der Waals surface area contributed by atoms with Crippen molar-refractivity contribution in [2.75, 3.05) is 23.8 Å². The highest BCUT2D eigenvalue weighted by atomic mass is 35.5. The second-order valence-corrected chi connectivity index (χ2v) is 10.0. The highest BCUT2D eigenvalue weighted by Gasteiger charge is 2.30. The van der Waals surface area contributed by atoms with Gasteiger partial charge < -0.3 is 21.1 Å². The standard InChI is InChI=1S/C24H28ClF2N7O2/c1-12-11-36-7-6-18(12)30-23-29-10-19-22(33-23)34(15-4-2-13(3-5-15)21(28)35)24(31-19)32-20-16(26)8-14(25)9-17(20)27/h8-10,12-13,15,18H,2-7,11H2,1H3,(H2,28,35)(H,31,32)(H,29,30,33)/t12-,13?,15?,18?/m1/s1. The van der Waals surface area contributed by atoms with Crippen molar-refractivity contribution in [3.8, 4) is 0 Å². The number of carbonyl (C=O) groups excluding carboxylic acids is 1. The Hall–Kier alpha value is -3.05. The molecule has 1 aliphatic carbocycles. The Morgan fingerprint density at radius 3 is 2.56 bits per heavy atom. The zero-order chi connectivity index (χ0) is 25.4. The fourth-order valence-electron chi connectivity index (χ4n) is 5.05. The van der Waals surface area contributed by atoms with Gasteiger partial charge >= 0.3 is 0 Å². The summed E-state index contributed by atoms with van der Waals surface area (Å²) in [5, 5.41) is 6.17. The molecule has 2 atom stereocenters. The van der Waals surface area contributed by atoms with Gasteiger partial charge in [-0.3, -0.25) is 9.36 Å². The molecule has 1 saturated heterocycles. The molecule has 0 radical (unpaired) electrons. The molecule has 36 heavy (non-hydrogen) atoms. The predicted octanol–water partition coefficient (Wildman–Crippen LogP) is 4.56. The molecule has 2 aliphatic rings. The Bertz CT molecular complexity index is 1260. The van der Waals surface area contributed by atoms with Crippen molar-refractivity contribution >= 4 is 46.3 Å². The molecule has 9 nitrogen and oxygen atoms in total. The van der Waals surface area contributed by atoms with E-state index in [0.29, 0.717) is 61.9 Å². The van der Waals surface area contributed by atoms with Crippen molar-refractivity contribution in [3.05, 3.63) is 35.0 Å². The third kappa shape index (κ3) is 4.94. The summed E-state index contributed by atoms with van der Waals surface area (Å²) in [5.74, 6) is -1.20. The fraction of sp³-hybridized carbons (Fsp3) is 0.500. The highest BCUT2D eigenvalue weighted by Crippen LogP contribution is 2.38. The lowest BCUT2D eigenvalue weighted by Gasteiger charge is -2.30. The van der Waals surface area contributed by atoms with Crippen LogP contribution in [-0.2, 0) is 9.53 Å². The van der Waals surface area contributed by atoms with Crippen molar-refractivity contribution in [3.63, 3.8) is 0 Å². The van der Waals surface area contributed by atoms with Crippen molar-refractivity contribution in [2.45, 2.75) is 51.1 Å². The first-order chi connectivity index (χ1) is 17.3. The SMILES string of the molecule is C[C@@H]1COCCC1Nc1ncc2nc(Nc3c(F)cc(Cl)cc3F)n(C3CCC(C(N)=O)CC3)c2n1. The second-order valence-electron chi connectivity index (χ2n) is 9.58. The van der Waals surface area contributed by atoms with Gasteiger partial charge in [0.1, 0.15) is 11.2 Å². The van der Waals surface area contributed by atoms with Gasteiger partial charge in [0, 0.05) is 29.6 Å². The molecule has 1 unspecified atom stereocenters. The van der Waals surface area contributed by atoms with Gasteiger partial charge in [0.25, 0.3) is 0 Å². The number of hydrogen-bond acceptors (Lipinski definition) is 7. The summed E-state index contributed by atoms with van der Waals surface area (Å²) in [4.78, 5) is 25.4. The normalized spacial score (nSPS) is 24.6. The quantitative estimate of drug-likeness (QED) is 0.437. The maximum absolute atomic E-state index is 14.6. The van der Waals surface area contributed by atoms with Crippen molar-refractivity contribution in [2.24, 2.45) is 17.6 Å². The molecule has 1 saturated carbocycles. The first kappa shape index (κ1) is 24.6. The molecule has 3 heterocycles. The fourth-order valence-corrected chi connectivity index (χ4v) is 5.24. The number of hydrogen-bond donors (Lipinski definition) is 3. The number of rotatable bonds is 6. The van der Waals surface area contributed by atoms with E-state index in [9.17, 15) is 13.6 Å². The van der Waals surface area contributed by atoms with Crippen LogP contribution < -0.4 is 16.4 Å². The molecule has 4 N–H and O–H groups in total. The van der Waals surface area contributed by atoms with E-state index in [-0.39, 0.29) is 40.6 Å². The molecular formula is C24H28ClF2N7O2. The van der Waals surface area contributed by atoms with Crippen LogP contribution in [0.4, 0.5) is 26.4 Å². The Morgan fingerprint density at radius 2 is 1.89 bits per heavy atom. The van der Waals surface area contributed by atoms with Crippen LogP contribution in [0.5, 0.6) is 0 Å². The van der Waals surface area contributed by atoms with Crippen LogP contribution in [-0.4, -0.2) is 44.7 Å². The van der Waals surface area contributed by atoms with Gasteiger partial charge in [0.05, 0.1) is 12.8 Å². The number of fused-ring (bicyclic) bond motifs is 1. The summed E-state index contributed by atoms with van der Waals surface area (Å²) in [6.07, 6.45) is 4.93. The van der Waals surface area contributed by atoms with Gasteiger partial charge in [-0.25, -0.2) is 18.7 Å². The number of nitrogens with one attached hydrogen (secondary N) is 2. The number of nitrogens with two attached hydrogens (primary N) is 1. The Balaban J connectivity index is 1.53. The predicted molar refractivity (Wildman–Crippen MR) is 132 cm³/mol. The highest BCUT2D eigenvalue weighted by molar-refractivity contribution is 6.30. The van der Waals surface area contributed by atoms with E-state index < -0.39 is 11.6 Å². The smallest absolute Gasteiger partial charge is 0.224 e. The van der Waals surface area contributed by atoms with Crippen LogP contribution in [0.2, 0.25) is 5.02 Å². The van der Waals surface area contributed by atoms with Crippen molar-refractivity contribution < 1.29 is 18.3 Å². The Kier molecular flexibility index (Phi) is 6.94. The van der Waals surface area contributed by atoms with Gasteiger partial charge in [-0.15, -0.1) is 0 Å². The third-order valence-electron chi connectivity index (χ3n) is 7.10. The van der Waals surface area contributed by atoms with E-state index in [1.165, 1.54) is 0 Å². The molecule has 0 bridgehead atoms. The molecule has 2 fully saturated rings. The van der Waals surface area contributed by atoms with E-state index in [1.807, 2.05) is 4.57 Å². The monoisotopic (exact) mass is 519 g/mol. The van der Waals surface area contributed by atoms with Gasteiger partial charge in [-0.05, 0) is 50.2 Å². The number of halogens is 3. The number of amides is 1. The Labute approximate surface area is 211 Å². The van der Waals surface area contributed by atoms with E-state index in [0.717, 1.165) is 18.6 Å². The van der Waals surface area contributed by atoms with Crippen molar-refractivity contribution in [1.29, 1.82) is 0 Å². The molecule has 1 aromatic carbocycles. The summed E-state index contributed by atoms with van der Waals surface area (Å²) in [5.41, 5.74) is 6.18. The average Bonchev–Trinajstić information content (AvgIpc) is 3.20. The van der Waals surface area contributed by atoms with Crippen LogP contribution in [0.3, 0.4) is 0 Å².